The average molecular weight is 223 g/mol. The summed E-state index contributed by atoms with van der Waals surface area (Å²) < 4.78 is 0. The molecule has 1 nitrogen and oxygen atoms in total. The summed E-state index contributed by atoms with van der Waals surface area (Å²) in [5.74, 6) is 1.63. The Hall–Kier alpha value is -0.300. The summed E-state index contributed by atoms with van der Waals surface area (Å²) in [6, 6.07) is 0. The van der Waals surface area contributed by atoms with Gasteiger partial charge in [-0.05, 0) is 50.0 Å². The molecule has 1 N–H and O–H groups in total. The van der Waals surface area contributed by atoms with E-state index in [0.717, 1.165) is 18.4 Å². The van der Waals surface area contributed by atoms with Crippen LogP contribution >= 0.6 is 0 Å². The van der Waals surface area contributed by atoms with Crippen LogP contribution in [0.4, 0.5) is 0 Å². The molecule has 0 aromatic heterocycles. The van der Waals surface area contributed by atoms with E-state index in [1.54, 1.807) is 5.57 Å². The smallest absolute Gasteiger partial charge is 0.000253 e. The third-order valence-corrected chi connectivity index (χ3v) is 3.88. The molecule has 0 spiro atoms. The molecule has 0 fully saturated rings. The van der Waals surface area contributed by atoms with Crippen molar-refractivity contribution in [3.8, 4) is 0 Å². The van der Waals surface area contributed by atoms with Crippen molar-refractivity contribution in [1.82, 2.24) is 5.32 Å². The van der Waals surface area contributed by atoms with Crippen LogP contribution in [0.5, 0.6) is 0 Å². The Morgan fingerprint density at radius 2 is 2.12 bits per heavy atom. The van der Waals surface area contributed by atoms with Crippen LogP contribution < -0.4 is 5.32 Å². The monoisotopic (exact) mass is 223 g/mol. The molecule has 0 saturated carbocycles. The van der Waals surface area contributed by atoms with Crippen molar-refractivity contribution in [2.24, 2.45) is 17.3 Å². The quantitative estimate of drug-likeness (QED) is 0.695. The molecule has 0 amide bonds. The van der Waals surface area contributed by atoms with Gasteiger partial charge in [-0.15, -0.1) is 0 Å². The lowest BCUT2D eigenvalue weighted by molar-refractivity contribution is 0.302. The van der Waals surface area contributed by atoms with Gasteiger partial charge in [-0.2, -0.15) is 0 Å². The van der Waals surface area contributed by atoms with Crippen LogP contribution in [0, 0.1) is 17.3 Å². The van der Waals surface area contributed by atoms with Crippen LogP contribution in [0.1, 0.15) is 53.9 Å². The van der Waals surface area contributed by atoms with E-state index in [2.05, 4.69) is 46.0 Å². The van der Waals surface area contributed by atoms with Crippen LogP contribution in [-0.4, -0.2) is 13.1 Å². The molecule has 0 radical (unpaired) electrons. The van der Waals surface area contributed by atoms with E-state index in [0.29, 0.717) is 5.41 Å². The molecule has 94 valence electrons. The van der Waals surface area contributed by atoms with Gasteiger partial charge in [0, 0.05) is 6.54 Å². The van der Waals surface area contributed by atoms with E-state index in [1.165, 1.54) is 25.8 Å². The highest BCUT2D eigenvalue weighted by molar-refractivity contribution is 5.06. The molecule has 0 aromatic rings. The zero-order valence-electron chi connectivity index (χ0n) is 11.8. The molecular weight excluding hydrogens is 194 g/mol. The summed E-state index contributed by atoms with van der Waals surface area (Å²) in [6.45, 7) is 13.9. The van der Waals surface area contributed by atoms with Gasteiger partial charge in [0.25, 0.3) is 0 Å². The van der Waals surface area contributed by atoms with E-state index >= 15 is 0 Å². The molecule has 2 unspecified atom stereocenters. The third kappa shape index (κ3) is 4.69. The summed E-state index contributed by atoms with van der Waals surface area (Å²) in [5, 5.41) is 3.66. The zero-order valence-corrected chi connectivity index (χ0v) is 11.8. The predicted octanol–water partition coefficient (Wildman–Crippen LogP) is 4.00. The Labute approximate surface area is 102 Å². The number of allylic oxidation sites excluding steroid dienone is 2. The van der Waals surface area contributed by atoms with Gasteiger partial charge in [-0.3, -0.25) is 0 Å². The third-order valence-electron chi connectivity index (χ3n) is 3.88. The second kappa shape index (κ2) is 5.86. The summed E-state index contributed by atoms with van der Waals surface area (Å²) in [4.78, 5) is 0. The van der Waals surface area contributed by atoms with Crippen molar-refractivity contribution >= 4 is 0 Å². The molecule has 0 saturated heterocycles. The normalized spacial score (nSPS) is 26.7. The SMILES string of the molecule is CCC(C)(C)CNCC1CC(C)=CC(C)C1. The first kappa shape index (κ1) is 13.8. The molecule has 1 rings (SSSR count). The molecule has 0 aliphatic heterocycles. The number of rotatable bonds is 5. The molecule has 2 atom stereocenters. The minimum absolute atomic E-state index is 0.450. The maximum atomic E-state index is 3.66. The van der Waals surface area contributed by atoms with E-state index in [1.807, 2.05) is 0 Å². The number of hydrogen-bond donors (Lipinski definition) is 1. The van der Waals surface area contributed by atoms with Gasteiger partial charge in [0.05, 0.1) is 0 Å². The van der Waals surface area contributed by atoms with Gasteiger partial charge in [-0.1, -0.05) is 39.3 Å². The number of hydrogen-bond acceptors (Lipinski definition) is 1. The molecule has 0 bridgehead atoms. The van der Waals surface area contributed by atoms with Crippen LogP contribution in [0.3, 0.4) is 0 Å². The van der Waals surface area contributed by atoms with Gasteiger partial charge >= 0.3 is 0 Å². The summed E-state index contributed by atoms with van der Waals surface area (Å²) in [7, 11) is 0. The van der Waals surface area contributed by atoms with Gasteiger partial charge in [-0.25, -0.2) is 0 Å². The van der Waals surface area contributed by atoms with Crippen molar-refractivity contribution < 1.29 is 0 Å². The molecular formula is C15H29N. The van der Waals surface area contributed by atoms with Crippen molar-refractivity contribution in [1.29, 1.82) is 0 Å². The first-order chi connectivity index (χ1) is 7.43. The Bertz CT molecular complexity index is 240. The maximum absolute atomic E-state index is 3.66. The minimum Gasteiger partial charge on any atom is -0.316 e. The van der Waals surface area contributed by atoms with Gasteiger partial charge in [0.2, 0.25) is 0 Å². The summed E-state index contributed by atoms with van der Waals surface area (Å²) >= 11 is 0. The van der Waals surface area contributed by atoms with E-state index in [9.17, 15) is 0 Å². The minimum atomic E-state index is 0.450. The fraction of sp³-hybridized carbons (Fsp3) is 0.867. The second-order valence-corrected chi connectivity index (χ2v) is 6.44. The molecule has 16 heavy (non-hydrogen) atoms. The average Bonchev–Trinajstić information content (AvgIpc) is 2.16. The van der Waals surface area contributed by atoms with Crippen LogP contribution in [0.15, 0.2) is 11.6 Å². The lowest BCUT2D eigenvalue weighted by atomic mass is 9.83. The Morgan fingerprint density at radius 1 is 1.44 bits per heavy atom. The Balaban J connectivity index is 2.27. The summed E-state index contributed by atoms with van der Waals surface area (Å²) in [6.07, 6.45) is 6.34. The largest absolute Gasteiger partial charge is 0.316 e. The van der Waals surface area contributed by atoms with Gasteiger partial charge in [0.1, 0.15) is 0 Å². The standard InChI is InChI=1S/C15H29N/c1-6-15(4,5)11-16-10-14-8-12(2)7-13(3)9-14/h7,12,14,16H,6,8-11H2,1-5H3. The molecule has 1 aliphatic rings. The van der Waals surface area contributed by atoms with E-state index in [4.69, 9.17) is 0 Å². The topological polar surface area (TPSA) is 12.0 Å². The summed E-state index contributed by atoms with van der Waals surface area (Å²) in [5.41, 5.74) is 2.03. The van der Waals surface area contributed by atoms with Crippen molar-refractivity contribution in [3.63, 3.8) is 0 Å². The zero-order chi connectivity index (χ0) is 12.2. The molecule has 0 aromatic carbocycles. The van der Waals surface area contributed by atoms with Crippen molar-refractivity contribution in [3.05, 3.63) is 11.6 Å². The van der Waals surface area contributed by atoms with Crippen LogP contribution in [0.25, 0.3) is 0 Å². The molecule has 0 heterocycles. The highest BCUT2D eigenvalue weighted by atomic mass is 14.9. The molecule has 1 aliphatic carbocycles. The van der Waals surface area contributed by atoms with E-state index in [-0.39, 0.29) is 0 Å². The number of nitrogens with one attached hydrogen (secondary N) is 1. The molecule has 1 heteroatoms. The lowest BCUT2D eigenvalue weighted by Crippen LogP contribution is -2.33. The highest BCUT2D eigenvalue weighted by Crippen LogP contribution is 2.27. The Kier molecular flexibility index (Phi) is 5.04. The highest BCUT2D eigenvalue weighted by Gasteiger charge is 2.19. The van der Waals surface area contributed by atoms with E-state index < -0.39 is 0 Å². The van der Waals surface area contributed by atoms with Crippen LogP contribution in [-0.2, 0) is 0 Å². The van der Waals surface area contributed by atoms with Crippen molar-refractivity contribution in [2.45, 2.75) is 53.9 Å². The second-order valence-electron chi connectivity index (χ2n) is 6.44. The van der Waals surface area contributed by atoms with Gasteiger partial charge in [0.15, 0.2) is 0 Å². The predicted molar refractivity (Wildman–Crippen MR) is 72.6 cm³/mol. The van der Waals surface area contributed by atoms with Crippen LogP contribution in [0.2, 0.25) is 0 Å². The lowest BCUT2D eigenvalue weighted by Gasteiger charge is -2.28. The van der Waals surface area contributed by atoms with Crippen molar-refractivity contribution in [2.75, 3.05) is 13.1 Å². The Morgan fingerprint density at radius 3 is 2.69 bits per heavy atom. The fourth-order valence-corrected chi connectivity index (χ4v) is 2.58. The fourth-order valence-electron chi connectivity index (χ4n) is 2.58. The maximum Gasteiger partial charge on any atom is 0.000253 e. The first-order valence-corrected chi connectivity index (χ1v) is 6.81. The van der Waals surface area contributed by atoms with Gasteiger partial charge < -0.3 is 5.32 Å². The first-order valence-electron chi connectivity index (χ1n) is 6.81.